The van der Waals surface area contributed by atoms with Crippen LogP contribution in [-0.4, -0.2) is 19.1 Å². The second kappa shape index (κ2) is 8.17. The number of anilines is 2. The van der Waals surface area contributed by atoms with Crippen LogP contribution >= 0.6 is 0 Å². The molecule has 28 heavy (non-hydrogen) atoms. The van der Waals surface area contributed by atoms with Crippen molar-refractivity contribution in [3.8, 4) is 0 Å². The number of sulfonamides is 1. The van der Waals surface area contributed by atoms with Crippen LogP contribution in [0, 0.1) is 22.9 Å². The summed E-state index contributed by atoms with van der Waals surface area (Å²) in [5, 5.41) is 13.7. The molecule has 0 atom stereocenters. The average Bonchev–Trinajstić information content (AvgIpc) is 2.56. The lowest BCUT2D eigenvalue weighted by atomic mass is 10.2. The number of nitro benzene ring substituents is 1. The van der Waals surface area contributed by atoms with Crippen molar-refractivity contribution >= 4 is 32.9 Å². The number of carbonyl (C=O) groups excluding carboxylic acids is 1. The van der Waals surface area contributed by atoms with Gasteiger partial charge in [0.15, 0.2) is 5.78 Å². The van der Waals surface area contributed by atoms with Crippen molar-refractivity contribution in [2.45, 2.75) is 25.7 Å². The number of ketones is 1. The predicted octanol–water partition coefficient (Wildman–Crippen LogP) is 3.75. The molecule has 2 aromatic rings. The number of benzene rings is 2. The Morgan fingerprint density at radius 2 is 1.75 bits per heavy atom. The van der Waals surface area contributed by atoms with Crippen LogP contribution in [0.1, 0.15) is 19.4 Å². The molecule has 0 aliphatic carbocycles. The van der Waals surface area contributed by atoms with Crippen molar-refractivity contribution < 1.29 is 22.5 Å². The van der Waals surface area contributed by atoms with Gasteiger partial charge in [-0.05, 0) is 39.0 Å². The number of halogens is 1. The van der Waals surface area contributed by atoms with Crippen LogP contribution in [0.4, 0.5) is 21.5 Å². The first-order valence-electron chi connectivity index (χ1n) is 8.03. The highest BCUT2D eigenvalue weighted by Gasteiger charge is 2.22. The number of rotatable bonds is 7. The van der Waals surface area contributed by atoms with E-state index in [1.165, 1.54) is 32.1 Å². The highest BCUT2D eigenvalue weighted by atomic mass is 32.2. The Bertz CT molecular complexity index is 1060. The van der Waals surface area contributed by atoms with Crippen LogP contribution in [0.5, 0.6) is 0 Å². The van der Waals surface area contributed by atoms with E-state index in [9.17, 15) is 27.7 Å². The molecule has 0 saturated carbocycles. The van der Waals surface area contributed by atoms with E-state index in [4.69, 9.17) is 0 Å². The van der Waals surface area contributed by atoms with E-state index < -0.39 is 26.5 Å². The molecular weight excluding hydrogens is 389 g/mol. The number of hydrogen-bond donors (Lipinski definition) is 2. The minimum absolute atomic E-state index is 0.0629. The molecule has 0 unspecified atom stereocenters. The molecule has 0 aromatic heterocycles. The minimum Gasteiger partial charge on any atom is -0.357 e. The zero-order chi connectivity index (χ0) is 21.1. The normalized spacial score (nSPS) is 11.8. The van der Waals surface area contributed by atoms with E-state index in [1.54, 1.807) is 19.1 Å². The standard InChI is InChI=1S/C18H18FN3O5S/c1-11-4-6-14(7-5-11)28(26,27)21-17-10-18(22(24)25)15(19)9-16(17)20-12(2)8-13(3)23/h4-10,20-21H,1-3H3. The molecule has 2 aromatic carbocycles. The van der Waals surface area contributed by atoms with E-state index in [0.717, 1.165) is 17.7 Å². The van der Waals surface area contributed by atoms with Crippen molar-refractivity contribution in [1.82, 2.24) is 0 Å². The lowest BCUT2D eigenvalue weighted by Gasteiger charge is -2.15. The van der Waals surface area contributed by atoms with Gasteiger partial charge in [0.05, 0.1) is 21.2 Å². The Kier molecular flexibility index (Phi) is 6.14. The second-order valence-electron chi connectivity index (χ2n) is 6.09. The molecule has 10 heteroatoms. The van der Waals surface area contributed by atoms with Crippen molar-refractivity contribution in [2.24, 2.45) is 0 Å². The molecule has 0 saturated heterocycles. The fraction of sp³-hybridized carbons (Fsp3) is 0.167. The third-order valence-electron chi connectivity index (χ3n) is 3.61. The third-order valence-corrected chi connectivity index (χ3v) is 4.99. The quantitative estimate of drug-likeness (QED) is 0.410. The van der Waals surface area contributed by atoms with Gasteiger partial charge in [0.1, 0.15) is 0 Å². The van der Waals surface area contributed by atoms with Gasteiger partial charge < -0.3 is 5.32 Å². The Morgan fingerprint density at radius 1 is 1.14 bits per heavy atom. The fourth-order valence-corrected chi connectivity index (χ4v) is 3.43. The molecule has 148 valence electrons. The number of aryl methyl sites for hydroxylation is 1. The minimum atomic E-state index is -4.09. The van der Waals surface area contributed by atoms with Gasteiger partial charge in [0.2, 0.25) is 5.82 Å². The zero-order valence-electron chi connectivity index (χ0n) is 15.3. The number of nitrogens with one attached hydrogen (secondary N) is 2. The van der Waals surface area contributed by atoms with Crippen LogP contribution in [-0.2, 0) is 14.8 Å². The summed E-state index contributed by atoms with van der Waals surface area (Å²) in [6.07, 6.45) is 1.22. The van der Waals surface area contributed by atoms with Crippen molar-refractivity contribution in [3.63, 3.8) is 0 Å². The van der Waals surface area contributed by atoms with Gasteiger partial charge in [-0.15, -0.1) is 0 Å². The number of nitro groups is 1. The zero-order valence-corrected chi connectivity index (χ0v) is 16.1. The topological polar surface area (TPSA) is 118 Å². The average molecular weight is 407 g/mol. The van der Waals surface area contributed by atoms with Crippen LogP contribution in [0.15, 0.2) is 53.1 Å². The molecule has 0 aliphatic heterocycles. The summed E-state index contributed by atoms with van der Waals surface area (Å²) in [7, 11) is -4.09. The van der Waals surface area contributed by atoms with Crippen molar-refractivity contribution in [3.05, 3.63) is 69.7 Å². The summed E-state index contributed by atoms with van der Waals surface area (Å²) in [4.78, 5) is 21.2. The third kappa shape index (κ3) is 5.13. The van der Waals surface area contributed by atoms with Gasteiger partial charge in [0, 0.05) is 17.8 Å². The van der Waals surface area contributed by atoms with Crippen molar-refractivity contribution in [1.29, 1.82) is 0 Å². The van der Waals surface area contributed by atoms with Gasteiger partial charge in [0.25, 0.3) is 10.0 Å². The van der Waals surface area contributed by atoms with E-state index in [2.05, 4.69) is 10.0 Å². The number of nitrogens with zero attached hydrogens (tertiary/aromatic N) is 1. The van der Waals surface area contributed by atoms with Gasteiger partial charge in [-0.2, -0.15) is 4.39 Å². The number of carbonyl (C=O) groups is 1. The maximum atomic E-state index is 14.0. The molecule has 0 radical (unpaired) electrons. The first-order valence-corrected chi connectivity index (χ1v) is 9.51. The van der Waals surface area contributed by atoms with E-state index >= 15 is 0 Å². The SMILES string of the molecule is CC(=O)C=C(C)Nc1cc(F)c([N+](=O)[O-])cc1NS(=O)(=O)c1ccc(C)cc1. The van der Waals surface area contributed by atoms with Gasteiger partial charge in [-0.1, -0.05) is 17.7 Å². The van der Waals surface area contributed by atoms with E-state index in [0.29, 0.717) is 5.70 Å². The van der Waals surface area contributed by atoms with Gasteiger partial charge >= 0.3 is 5.69 Å². The Hall–Kier alpha value is -3.27. The predicted molar refractivity (Wildman–Crippen MR) is 103 cm³/mol. The van der Waals surface area contributed by atoms with Gasteiger partial charge in [-0.25, -0.2) is 8.42 Å². The number of hydrogen-bond acceptors (Lipinski definition) is 6. The van der Waals surface area contributed by atoms with Gasteiger partial charge in [-0.3, -0.25) is 19.6 Å². The largest absolute Gasteiger partial charge is 0.357 e. The summed E-state index contributed by atoms with van der Waals surface area (Å²) in [6, 6.07) is 7.53. The molecule has 0 bridgehead atoms. The maximum Gasteiger partial charge on any atom is 0.307 e. The van der Waals surface area contributed by atoms with Crippen LogP contribution in [0.3, 0.4) is 0 Å². The molecule has 0 fully saturated rings. The Balaban J connectivity index is 2.53. The monoisotopic (exact) mass is 407 g/mol. The summed E-state index contributed by atoms with van der Waals surface area (Å²) in [5.74, 6) is -1.43. The smallest absolute Gasteiger partial charge is 0.307 e. The molecule has 0 spiro atoms. The van der Waals surface area contributed by atoms with E-state index in [-0.39, 0.29) is 22.1 Å². The fourth-order valence-electron chi connectivity index (χ4n) is 2.36. The highest BCUT2D eigenvalue weighted by molar-refractivity contribution is 7.92. The first kappa shape index (κ1) is 21.0. The van der Waals surface area contributed by atoms with Crippen LogP contribution in [0.25, 0.3) is 0 Å². The van der Waals surface area contributed by atoms with Crippen LogP contribution in [0.2, 0.25) is 0 Å². The molecular formula is C18H18FN3O5S. The molecule has 0 heterocycles. The molecule has 0 aliphatic rings. The molecule has 2 rings (SSSR count). The number of allylic oxidation sites excluding steroid dienone is 2. The second-order valence-corrected chi connectivity index (χ2v) is 7.77. The summed E-state index contributed by atoms with van der Waals surface area (Å²) < 4.78 is 41.5. The highest BCUT2D eigenvalue weighted by Crippen LogP contribution is 2.32. The maximum absolute atomic E-state index is 14.0. The van der Waals surface area contributed by atoms with Crippen LogP contribution < -0.4 is 10.0 Å². The Morgan fingerprint density at radius 3 is 2.29 bits per heavy atom. The Labute approximate surface area is 161 Å². The summed E-state index contributed by atoms with van der Waals surface area (Å²) in [5.41, 5.74) is -0.0422. The molecule has 0 amide bonds. The molecule has 8 nitrogen and oxygen atoms in total. The molecule has 2 N–H and O–H groups in total. The van der Waals surface area contributed by atoms with Crippen molar-refractivity contribution in [2.75, 3.05) is 10.0 Å². The first-order chi connectivity index (χ1) is 13.0. The lowest BCUT2D eigenvalue weighted by Crippen LogP contribution is -2.15. The lowest BCUT2D eigenvalue weighted by molar-refractivity contribution is -0.387. The summed E-state index contributed by atoms with van der Waals surface area (Å²) in [6.45, 7) is 4.61. The van der Waals surface area contributed by atoms with E-state index in [1.807, 2.05) is 0 Å². The summed E-state index contributed by atoms with van der Waals surface area (Å²) >= 11 is 0.